The van der Waals surface area contributed by atoms with Gasteiger partial charge in [0.1, 0.15) is 5.78 Å². The minimum Gasteiger partial charge on any atom is -0.371 e. The van der Waals surface area contributed by atoms with Gasteiger partial charge in [-0.1, -0.05) is 46.3 Å². The first-order valence-corrected chi connectivity index (χ1v) is 13.8. The summed E-state index contributed by atoms with van der Waals surface area (Å²) in [6, 6.07) is 0. The number of ether oxygens (including phenoxy) is 1. The van der Waals surface area contributed by atoms with E-state index in [4.69, 9.17) is 4.74 Å². The van der Waals surface area contributed by atoms with Crippen molar-refractivity contribution in [1.29, 1.82) is 0 Å². The fourth-order valence-corrected chi connectivity index (χ4v) is 11.6. The van der Waals surface area contributed by atoms with Gasteiger partial charge in [0.15, 0.2) is 0 Å². The number of Topliss-reactive ketones (excluding diaryl/α,β-unsaturated/α-hetero) is 1. The number of allylic oxidation sites excluding steroid dienone is 1. The molecule has 1 saturated heterocycles. The Morgan fingerprint density at radius 3 is 2.38 bits per heavy atom. The molecule has 0 unspecified atom stereocenters. The van der Waals surface area contributed by atoms with E-state index in [2.05, 4.69) is 54.5 Å². The molecule has 0 aromatic rings. The summed E-state index contributed by atoms with van der Waals surface area (Å²) in [5, 5.41) is 0. The summed E-state index contributed by atoms with van der Waals surface area (Å²) in [4.78, 5) is 12.9. The largest absolute Gasteiger partial charge is 0.371 e. The van der Waals surface area contributed by atoms with Crippen LogP contribution in [0.2, 0.25) is 0 Å². The molecule has 5 saturated carbocycles. The summed E-state index contributed by atoms with van der Waals surface area (Å²) in [7, 11) is 0. The quantitative estimate of drug-likeness (QED) is 0.400. The molecule has 0 aromatic carbocycles. The van der Waals surface area contributed by atoms with Crippen molar-refractivity contribution in [2.45, 2.75) is 118 Å². The van der Waals surface area contributed by atoms with Crippen LogP contribution in [0.15, 0.2) is 11.6 Å². The van der Waals surface area contributed by atoms with Gasteiger partial charge >= 0.3 is 0 Å². The smallest absolute Gasteiger partial charge is 0.138 e. The molecule has 1 aliphatic heterocycles. The van der Waals surface area contributed by atoms with E-state index >= 15 is 0 Å². The average Bonchev–Trinajstić information content (AvgIpc) is 3.29. The Hall–Kier alpha value is -0.630. The molecule has 6 fully saturated rings. The predicted octanol–water partition coefficient (Wildman–Crippen LogP) is 7.36. The SMILES string of the molecule is CC(C)=C[C@H]1C[C@@H](C)[C@H]2[C@H](C[C@@]3(C)[C@@H]4CC[C@H]5C(C)(C)C(=O)CC[C@@]56C[C@@]46CC[C@]23C)O1. The summed E-state index contributed by atoms with van der Waals surface area (Å²) >= 11 is 0. The van der Waals surface area contributed by atoms with E-state index in [9.17, 15) is 4.79 Å². The summed E-state index contributed by atoms with van der Waals surface area (Å²) in [6.45, 7) is 16.9. The van der Waals surface area contributed by atoms with Crippen LogP contribution in [-0.2, 0) is 9.53 Å². The monoisotopic (exact) mass is 438 g/mol. The zero-order chi connectivity index (χ0) is 22.9. The number of carbonyl (C=O) groups is 1. The Kier molecular flexibility index (Phi) is 4.32. The lowest BCUT2D eigenvalue weighted by molar-refractivity contribution is -0.159. The second-order valence-electron chi connectivity index (χ2n) is 14.6. The molecule has 0 N–H and O–H groups in total. The van der Waals surface area contributed by atoms with Gasteiger partial charge in [0, 0.05) is 11.8 Å². The van der Waals surface area contributed by atoms with Crippen LogP contribution in [0, 0.1) is 50.7 Å². The van der Waals surface area contributed by atoms with Gasteiger partial charge in [0.2, 0.25) is 0 Å². The highest BCUT2D eigenvalue weighted by Crippen LogP contribution is 2.89. The van der Waals surface area contributed by atoms with E-state index in [1.807, 2.05) is 0 Å². The molecule has 178 valence electrons. The summed E-state index contributed by atoms with van der Waals surface area (Å²) in [5.74, 6) is 3.45. The van der Waals surface area contributed by atoms with Crippen LogP contribution >= 0.6 is 0 Å². The van der Waals surface area contributed by atoms with Crippen molar-refractivity contribution in [1.82, 2.24) is 0 Å². The molecule has 1 heterocycles. The topological polar surface area (TPSA) is 26.3 Å². The van der Waals surface area contributed by atoms with Gasteiger partial charge in [-0.05, 0) is 111 Å². The molecule has 5 aliphatic carbocycles. The van der Waals surface area contributed by atoms with Crippen LogP contribution in [0.5, 0.6) is 0 Å². The lowest BCUT2D eigenvalue weighted by Crippen LogP contribution is -2.57. The van der Waals surface area contributed by atoms with Crippen LogP contribution < -0.4 is 0 Å². The molecule has 6 aliphatic rings. The molecule has 0 amide bonds. The highest BCUT2D eigenvalue weighted by molar-refractivity contribution is 5.86. The number of hydrogen-bond acceptors (Lipinski definition) is 2. The first-order valence-electron chi connectivity index (χ1n) is 13.8. The van der Waals surface area contributed by atoms with Gasteiger partial charge in [-0.2, -0.15) is 0 Å². The third-order valence-electron chi connectivity index (χ3n) is 13.0. The molecule has 6 rings (SSSR count). The van der Waals surface area contributed by atoms with Crippen LogP contribution in [-0.4, -0.2) is 18.0 Å². The van der Waals surface area contributed by atoms with E-state index in [-0.39, 0.29) is 5.41 Å². The summed E-state index contributed by atoms with van der Waals surface area (Å²) < 4.78 is 6.87. The Labute approximate surface area is 196 Å². The van der Waals surface area contributed by atoms with Crippen LogP contribution in [0.4, 0.5) is 0 Å². The van der Waals surface area contributed by atoms with E-state index in [1.54, 1.807) is 0 Å². The first-order chi connectivity index (χ1) is 14.9. The summed E-state index contributed by atoms with van der Waals surface area (Å²) in [6.07, 6.45) is 14.4. The van der Waals surface area contributed by atoms with E-state index in [0.717, 1.165) is 18.3 Å². The van der Waals surface area contributed by atoms with Crippen molar-refractivity contribution in [2.75, 3.05) is 0 Å². The molecule has 2 heteroatoms. The van der Waals surface area contributed by atoms with Gasteiger partial charge in [-0.3, -0.25) is 4.79 Å². The third kappa shape index (κ3) is 2.35. The first kappa shape index (κ1) is 21.9. The fraction of sp³-hybridized carbons (Fsp3) is 0.900. The molecular weight excluding hydrogens is 392 g/mol. The van der Waals surface area contributed by atoms with E-state index in [1.165, 1.54) is 56.9 Å². The van der Waals surface area contributed by atoms with Gasteiger partial charge in [0.25, 0.3) is 0 Å². The lowest BCUT2D eigenvalue weighted by atomic mass is 9.42. The molecule has 0 bridgehead atoms. The van der Waals surface area contributed by atoms with Gasteiger partial charge in [-0.15, -0.1) is 0 Å². The number of fused-ring (bicyclic) bond motifs is 4. The molecular formula is C30H46O2. The Morgan fingerprint density at radius 1 is 0.969 bits per heavy atom. The van der Waals surface area contributed by atoms with Crippen molar-refractivity contribution in [3.05, 3.63) is 11.6 Å². The fourth-order valence-electron chi connectivity index (χ4n) is 11.6. The normalized spacial score (nSPS) is 57.4. The minimum absolute atomic E-state index is 0.104. The van der Waals surface area contributed by atoms with Gasteiger partial charge in [0.05, 0.1) is 12.2 Å². The average molecular weight is 439 g/mol. The maximum absolute atomic E-state index is 12.9. The van der Waals surface area contributed by atoms with Crippen molar-refractivity contribution < 1.29 is 9.53 Å². The molecule has 0 radical (unpaired) electrons. The zero-order valence-corrected chi connectivity index (χ0v) is 21.7. The van der Waals surface area contributed by atoms with Gasteiger partial charge < -0.3 is 4.74 Å². The lowest BCUT2D eigenvalue weighted by Gasteiger charge is -2.62. The van der Waals surface area contributed by atoms with Crippen molar-refractivity contribution in [3.63, 3.8) is 0 Å². The molecule has 2 spiro atoms. The Bertz CT molecular complexity index is 881. The predicted molar refractivity (Wildman–Crippen MR) is 129 cm³/mol. The van der Waals surface area contributed by atoms with Crippen LogP contribution in [0.25, 0.3) is 0 Å². The second-order valence-corrected chi connectivity index (χ2v) is 14.6. The van der Waals surface area contributed by atoms with Crippen molar-refractivity contribution in [2.24, 2.45) is 50.7 Å². The van der Waals surface area contributed by atoms with E-state index in [0.29, 0.717) is 51.5 Å². The Morgan fingerprint density at radius 2 is 1.66 bits per heavy atom. The van der Waals surface area contributed by atoms with E-state index < -0.39 is 0 Å². The molecule has 32 heavy (non-hydrogen) atoms. The number of ketones is 1. The zero-order valence-electron chi connectivity index (χ0n) is 21.7. The highest BCUT2D eigenvalue weighted by Gasteiger charge is 2.83. The number of hydrogen-bond donors (Lipinski definition) is 0. The molecule has 2 nitrogen and oxygen atoms in total. The maximum Gasteiger partial charge on any atom is 0.138 e. The third-order valence-corrected chi connectivity index (χ3v) is 13.0. The molecule has 10 atom stereocenters. The number of rotatable bonds is 1. The molecule has 0 aromatic heterocycles. The second kappa shape index (κ2) is 6.32. The maximum atomic E-state index is 12.9. The van der Waals surface area contributed by atoms with Crippen molar-refractivity contribution in [3.8, 4) is 0 Å². The van der Waals surface area contributed by atoms with Crippen LogP contribution in [0.3, 0.4) is 0 Å². The number of carbonyl (C=O) groups excluding carboxylic acids is 1. The highest BCUT2D eigenvalue weighted by atomic mass is 16.5. The Balaban J connectivity index is 1.36. The van der Waals surface area contributed by atoms with Crippen molar-refractivity contribution >= 4 is 5.78 Å². The standard InChI is InChI=1S/C30H46O2/c1-18(2)14-20-15-19(3)25-21(32-20)16-28(7)23-9-8-22-26(4,5)24(31)10-11-29(22)17-30(23,29)13-12-27(25,28)6/h14,19-23,25H,8-13,15-17H2,1-7H3/t19-,20+,21+,22+,23+,25+,27-,28+,29-,30+/m1/s1. The van der Waals surface area contributed by atoms with Gasteiger partial charge in [-0.25, -0.2) is 0 Å². The van der Waals surface area contributed by atoms with Crippen LogP contribution in [0.1, 0.15) is 106 Å². The minimum atomic E-state index is -0.104. The summed E-state index contributed by atoms with van der Waals surface area (Å²) in [5.41, 5.74) is 3.07.